The van der Waals surface area contributed by atoms with Crippen molar-refractivity contribution in [2.24, 2.45) is 0 Å². The molecule has 2 saturated heterocycles. The van der Waals surface area contributed by atoms with Crippen LogP contribution in [0, 0.1) is 0 Å². The van der Waals surface area contributed by atoms with Crippen molar-refractivity contribution in [3.63, 3.8) is 0 Å². The van der Waals surface area contributed by atoms with E-state index in [0.717, 1.165) is 0 Å². The number of nitrogens with zero attached hydrogens (tertiary/aromatic N) is 3. The molecule has 0 N–H and O–H groups in total. The van der Waals surface area contributed by atoms with E-state index < -0.39 is 16.1 Å². The molecular formula is C23H25N3O5S2. The van der Waals surface area contributed by atoms with E-state index in [0.29, 0.717) is 22.8 Å². The Labute approximate surface area is 197 Å². The van der Waals surface area contributed by atoms with Gasteiger partial charge in [0.15, 0.2) is 5.78 Å². The maximum Gasteiger partial charge on any atom is 0.255 e. The molecule has 33 heavy (non-hydrogen) atoms. The van der Waals surface area contributed by atoms with Gasteiger partial charge in [-0.25, -0.2) is 8.42 Å². The van der Waals surface area contributed by atoms with E-state index in [2.05, 4.69) is 0 Å². The summed E-state index contributed by atoms with van der Waals surface area (Å²) in [5.41, 5.74) is 0.998. The highest BCUT2D eigenvalue weighted by molar-refractivity contribution is 7.99. The van der Waals surface area contributed by atoms with E-state index in [4.69, 9.17) is 0 Å². The molecule has 2 aromatic rings. The first-order valence-corrected chi connectivity index (χ1v) is 13.2. The predicted molar refractivity (Wildman–Crippen MR) is 126 cm³/mol. The van der Waals surface area contributed by atoms with Gasteiger partial charge in [-0.05, 0) is 31.2 Å². The van der Waals surface area contributed by atoms with E-state index in [-0.39, 0.29) is 48.7 Å². The number of ketones is 1. The fourth-order valence-electron chi connectivity index (χ4n) is 3.96. The van der Waals surface area contributed by atoms with Crippen LogP contribution in [-0.4, -0.2) is 84.0 Å². The quantitative estimate of drug-likeness (QED) is 0.599. The number of carbonyl (C=O) groups is 3. The Morgan fingerprint density at radius 3 is 2.12 bits per heavy atom. The van der Waals surface area contributed by atoms with Crippen LogP contribution in [0.3, 0.4) is 0 Å². The molecule has 10 heteroatoms. The highest BCUT2D eigenvalue weighted by Gasteiger charge is 2.39. The lowest BCUT2D eigenvalue weighted by atomic mass is 10.1. The number of carbonyl (C=O) groups excluding carboxylic acids is 3. The standard InChI is InChI=1S/C23H25N3O5S2/c1-17(27)18-7-9-20(10-8-18)33(30,31)25-13-11-24(12-14-25)23(29)21-15-32-16-26(21)22(28)19-5-3-2-4-6-19/h2-10,21H,11-16H2,1H3/t21-/m0/s1. The zero-order chi connectivity index (χ0) is 23.6. The number of thioether (sulfide) groups is 1. The van der Waals surface area contributed by atoms with Crippen LogP contribution in [0.25, 0.3) is 0 Å². The largest absolute Gasteiger partial charge is 0.338 e. The summed E-state index contributed by atoms with van der Waals surface area (Å²) in [6, 6.07) is 14.2. The summed E-state index contributed by atoms with van der Waals surface area (Å²) in [4.78, 5) is 40.9. The summed E-state index contributed by atoms with van der Waals surface area (Å²) in [5, 5.41) is 0. The molecule has 2 heterocycles. The van der Waals surface area contributed by atoms with E-state index >= 15 is 0 Å². The Balaban J connectivity index is 1.40. The summed E-state index contributed by atoms with van der Waals surface area (Å²) in [6.45, 7) is 2.30. The Bertz CT molecular complexity index is 1140. The molecule has 0 radical (unpaired) electrons. The van der Waals surface area contributed by atoms with Gasteiger partial charge in [-0.1, -0.05) is 30.3 Å². The van der Waals surface area contributed by atoms with Gasteiger partial charge in [-0.2, -0.15) is 4.31 Å². The molecule has 0 saturated carbocycles. The second-order valence-electron chi connectivity index (χ2n) is 7.97. The van der Waals surface area contributed by atoms with Crippen LogP contribution >= 0.6 is 11.8 Å². The number of benzene rings is 2. The topological polar surface area (TPSA) is 95.1 Å². The molecule has 8 nitrogen and oxygen atoms in total. The molecule has 2 amide bonds. The second kappa shape index (κ2) is 9.66. The van der Waals surface area contributed by atoms with E-state index in [1.807, 2.05) is 6.07 Å². The van der Waals surface area contributed by atoms with E-state index in [9.17, 15) is 22.8 Å². The van der Waals surface area contributed by atoms with Crippen molar-refractivity contribution in [1.82, 2.24) is 14.1 Å². The summed E-state index contributed by atoms with van der Waals surface area (Å²) in [5.74, 6) is 0.532. The zero-order valence-corrected chi connectivity index (χ0v) is 19.8. The monoisotopic (exact) mass is 487 g/mol. The second-order valence-corrected chi connectivity index (χ2v) is 10.9. The van der Waals surface area contributed by atoms with Crippen molar-refractivity contribution < 1.29 is 22.8 Å². The number of piperazine rings is 1. The lowest BCUT2D eigenvalue weighted by Crippen LogP contribution is -2.55. The van der Waals surface area contributed by atoms with Crippen molar-refractivity contribution in [1.29, 1.82) is 0 Å². The highest BCUT2D eigenvalue weighted by atomic mass is 32.2. The SMILES string of the molecule is CC(=O)c1ccc(S(=O)(=O)N2CCN(C(=O)[C@@H]3CSCN3C(=O)c3ccccc3)CC2)cc1. The highest BCUT2D eigenvalue weighted by Crippen LogP contribution is 2.26. The number of rotatable bonds is 5. The third kappa shape index (κ3) is 4.83. The van der Waals surface area contributed by atoms with Gasteiger partial charge in [0.05, 0.1) is 10.8 Å². The van der Waals surface area contributed by atoms with Crippen LogP contribution in [0.5, 0.6) is 0 Å². The van der Waals surface area contributed by atoms with E-state index in [1.54, 1.807) is 34.1 Å². The summed E-state index contributed by atoms with van der Waals surface area (Å²) < 4.78 is 27.3. The average molecular weight is 488 g/mol. The number of hydrogen-bond acceptors (Lipinski definition) is 6. The number of hydrogen-bond donors (Lipinski definition) is 0. The predicted octanol–water partition coefficient (Wildman–Crippen LogP) is 1.94. The first-order chi connectivity index (χ1) is 15.8. The third-order valence-corrected chi connectivity index (χ3v) is 8.82. The Morgan fingerprint density at radius 2 is 1.52 bits per heavy atom. The smallest absolute Gasteiger partial charge is 0.255 e. The maximum atomic E-state index is 13.2. The van der Waals surface area contributed by atoms with Crippen molar-refractivity contribution in [3.8, 4) is 0 Å². The minimum atomic E-state index is -3.72. The fourth-order valence-corrected chi connectivity index (χ4v) is 6.53. The van der Waals surface area contributed by atoms with Crippen LogP contribution < -0.4 is 0 Å². The van der Waals surface area contributed by atoms with Crippen LogP contribution in [0.15, 0.2) is 59.5 Å². The van der Waals surface area contributed by atoms with Gasteiger partial charge < -0.3 is 9.80 Å². The molecule has 0 aliphatic carbocycles. The summed E-state index contributed by atoms with van der Waals surface area (Å²) >= 11 is 1.54. The Kier molecular flexibility index (Phi) is 6.87. The zero-order valence-electron chi connectivity index (χ0n) is 18.2. The molecule has 4 rings (SSSR count). The van der Waals surface area contributed by atoms with Crippen molar-refractivity contribution in [3.05, 3.63) is 65.7 Å². The fraction of sp³-hybridized carbons (Fsp3) is 0.348. The first kappa shape index (κ1) is 23.5. The number of amides is 2. The van der Waals surface area contributed by atoms with Gasteiger partial charge in [0.1, 0.15) is 6.04 Å². The molecule has 0 spiro atoms. The average Bonchev–Trinajstić information content (AvgIpc) is 3.33. The minimum absolute atomic E-state index is 0.124. The first-order valence-electron chi connectivity index (χ1n) is 10.6. The van der Waals surface area contributed by atoms with Crippen LogP contribution in [0.4, 0.5) is 0 Å². The van der Waals surface area contributed by atoms with E-state index in [1.165, 1.54) is 47.3 Å². The van der Waals surface area contributed by atoms with Crippen molar-refractivity contribution in [2.45, 2.75) is 17.9 Å². The molecule has 2 aromatic carbocycles. The molecule has 2 aliphatic rings. The molecule has 2 aliphatic heterocycles. The van der Waals surface area contributed by atoms with Crippen LogP contribution in [-0.2, 0) is 14.8 Å². The molecule has 0 bridgehead atoms. The van der Waals surface area contributed by atoms with Gasteiger partial charge in [-0.3, -0.25) is 14.4 Å². The molecule has 174 valence electrons. The maximum absolute atomic E-state index is 13.2. The molecule has 1 atom stereocenters. The molecular weight excluding hydrogens is 462 g/mol. The third-order valence-electron chi connectivity index (χ3n) is 5.90. The number of sulfonamides is 1. The van der Waals surface area contributed by atoms with Gasteiger partial charge in [0.2, 0.25) is 15.9 Å². The van der Waals surface area contributed by atoms with Gasteiger partial charge in [0.25, 0.3) is 5.91 Å². The molecule has 0 aromatic heterocycles. The lowest BCUT2D eigenvalue weighted by Gasteiger charge is -2.36. The normalized spacial score (nSPS) is 19.5. The summed E-state index contributed by atoms with van der Waals surface area (Å²) in [6.07, 6.45) is 0. The van der Waals surface area contributed by atoms with Gasteiger partial charge in [0, 0.05) is 43.1 Å². The lowest BCUT2D eigenvalue weighted by molar-refractivity contribution is -0.136. The molecule has 2 fully saturated rings. The van der Waals surface area contributed by atoms with Gasteiger partial charge in [-0.15, -0.1) is 11.8 Å². The Hall–Kier alpha value is -2.69. The van der Waals surface area contributed by atoms with Crippen LogP contribution in [0.2, 0.25) is 0 Å². The van der Waals surface area contributed by atoms with Crippen LogP contribution in [0.1, 0.15) is 27.6 Å². The number of Topliss-reactive ketones (excluding diaryl/α,β-unsaturated/α-hetero) is 1. The van der Waals surface area contributed by atoms with Gasteiger partial charge >= 0.3 is 0 Å². The Morgan fingerprint density at radius 1 is 0.879 bits per heavy atom. The van der Waals surface area contributed by atoms with Crippen molar-refractivity contribution >= 4 is 39.4 Å². The van der Waals surface area contributed by atoms with Crippen molar-refractivity contribution in [2.75, 3.05) is 37.8 Å². The molecule has 0 unspecified atom stereocenters. The summed E-state index contributed by atoms with van der Waals surface area (Å²) in [7, 11) is -3.72. The minimum Gasteiger partial charge on any atom is -0.338 e.